The zero-order chi connectivity index (χ0) is 35.3. The second-order valence-corrected chi connectivity index (χ2v) is 16.9. The topological polar surface area (TPSA) is 0 Å². The Morgan fingerprint density at radius 3 is 1.94 bits per heavy atom. The first kappa shape index (κ1) is 30.4. The van der Waals surface area contributed by atoms with Crippen LogP contribution in [0.1, 0.15) is 12.0 Å². The average molecular weight is 721 g/mol. The van der Waals surface area contributed by atoms with Gasteiger partial charge in [-0.3, -0.25) is 0 Å². The number of benzene rings is 8. The van der Waals surface area contributed by atoms with Crippen LogP contribution in [-0.2, 0) is 0 Å². The largest absolute Gasteiger partial charge is 0.135 e. The zero-order valence-corrected chi connectivity index (χ0v) is 31.0. The highest BCUT2D eigenvalue weighted by atomic mass is 32.1. The number of rotatable bonds is 3. The normalized spacial score (nSPS) is 15.6. The van der Waals surface area contributed by atoms with Gasteiger partial charge in [-0.05, 0) is 120 Å². The van der Waals surface area contributed by atoms with E-state index < -0.39 is 0 Å². The van der Waals surface area contributed by atoms with Gasteiger partial charge < -0.3 is 0 Å². The first-order valence-electron chi connectivity index (χ1n) is 18.8. The molecule has 252 valence electrons. The van der Waals surface area contributed by atoms with Crippen LogP contribution in [0.15, 0.2) is 182 Å². The first-order valence-corrected chi connectivity index (χ1v) is 20.4. The molecule has 10 aromatic rings. The highest BCUT2D eigenvalue weighted by Gasteiger charge is 2.23. The van der Waals surface area contributed by atoms with E-state index in [1.165, 1.54) is 112 Å². The first-order chi connectivity index (χ1) is 26.7. The van der Waals surface area contributed by atoms with Crippen molar-refractivity contribution >= 4 is 101 Å². The third-order valence-electron chi connectivity index (χ3n) is 11.8. The van der Waals surface area contributed by atoms with Crippen LogP contribution in [0.4, 0.5) is 0 Å². The molecule has 2 aliphatic carbocycles. The molecular formula is C52H32S2. The van der Waals surface area contributed by atoms with Gasteiger partial charge in [0.1, 0.15) is 0 Å². The Labute approximate surface area is 320 Å². The third kappa shape index (κ3) is 4.54. The Bertz CT molecular complexity index is 3300. The standard InChI is InChI=1S/C52H32S2/c1-2-11-32-26-37(21-20-31(32)10-1)51-41-17-5-3-15-39(41)50(40-16-4-6-18-42(40)51)36-13-9-12-33(27-36)34-22-24-47-45(28-34)52-43-30-49-44(29-35(43)23-25-48(52)53-47)38-14-7-8-19-46(38)54-49/h1-25,27-30,32H,26H2. The minimum absolute atomic E-state index is 0.427. The summed E-state index contributed by atoms with van der Waals surface area (Å²) in [6.07, 6.45) is 14.7. The molecular weight excluding hydrogens is 689 g/mol. The monoisotopic (exact) mass is 720 g/mol. The van der Waals surface area contributed by atoms with E-state index in [-0.39, 0.29) is 0 Å². The number of thiophene rings is 2. The molecule has 2 aromatic heterocycles. The summed E-state index contributed by atoms with van der Waals surface area (Å²) in [5.41, 5.74) is 9.22. The van der Waals surface area contributed by atoms with E-state index in [0.29, 0.717) is 5.92 Å². The highest BCUT2D eigenvalue weighted by Crippen LogP contribution is 2.47. The molecule has 0 radical (unpaired) electrons. The zero-order valence-electron chi connectivity index (χ0n) is 29.3. The van der Waals surface area contributed by atoms with Crippen molar-refractivity contribution in [2.24, 2.45) is 5.92 Å². The predicted octanol–water partition coefficient (Wildman–Crippen LogP) is 15.7. The molecule has 2 aliphatic rings. The van der Waals surface area contributed by atoms with Crippen LogP contribution in [0.5, 0.6) is 0 Å². The molecule has 0 saturated heterocycles. The highest BCUT2D eigenvalue weighted by molar-refractivity contribution is 7.26. The van der Waals surface area contributed by atoms with E-state index in [1.807, 2.05) is 22.7 Å². The van der Waals surface area contributed by atoms with Crippen LogP contribution in [-0.4, -0.2) is 0 Å². The molecule has 54 heavy (non-hydrogen) atoms. The van der Waals surface area contributed by atoms with Gasteiger partial charge in [-0.2, -0.15) is 0 Å². The molecule has 0 spiro atoms. The van der Waals surface area contributed by atoms with Gasteiger partial charge in [0.2, 0.25) is 0 Å². The van der Waals surface area contributed by atoms with Crippen molar-refractivity contribution in [3.63, 3.8) is 0 Å². The summed E-state index contributed by atoms with van der Waals surface area (Å²) in [7, 11) is 0. The molecule has 2 heteroatoms. The molecule has 0 amide bonds. The maximum absolute atomic E-state index is 2.44. The summed E-state index contributed by atoms with van der Waals surface area (Å²) in [5.74, 6) is 0.427. The summed E-state index contributed by atoms with van der Waals surface area (Å²) in [5, 5.41) is 13.3. The van der Waals surface area contributed by atoms with Crippen LogP contribution in [0.2, 0.25) is 0 Å². The van der Waals surface area contributed by atoms with Gasteiger partial charge in [0.15, 0.2) is 0 Å². The van der Waals surface area contributed by atoms with Gasteiger partial charge in [0.25, 0.3) is 0 Å². The van der Waals surface area contributed by atoms with Crippen molar-refractivity contribution < 1.29 is 0 Å². The SMILES string of the molecule is C1=CC2=CC=C(c3c4ccccc4c(-c4cccc(-c5ccc6sc7ccc8cc9c(cc8c7c6c5)sc5ccccc59)c4)c4ccccc34)CC2C=C1. The number of hydrogen-bond donors (Lipinski definition) is 0. The minimum atomic E-state index is 0.427. The van der Waals surface area contributed by atoms with E-state index in [4.69, 9.17) is 0 Å². The Hall–Kier alpha value is -6.06. The van der Waals surface area contributed by atoms with Gasteiger partial charge in [0, 0.05) is 46.3 Å². The average Bonchev–Trinajstić information content (AvgIpc) is 3.79. The second-order valence-electron chi connectivity index (χ2n) is 14.8. The smallest absolute Gasteiger partial charge is 0.0362 e. The molecule has 0 bridgehead atoms. The minimum Gasteiger partial charge on any atom is -0.135 e. The molecule has 1 unspecified atom stereocenters. The Morgan fingerprint density at radius 2 is 1.11 bits per heavy atom. The molecule has 12 rings (SSSR count). The van der Waals surface area contributed by atoms with Gasteiger partial charge in [-0.1, -0.05) is 134 Å². The summed E-state index contributed by atoms with van der Waals surface area (Å²) >= 11 is 3.80. The quantitative estimate of drug-likeness (QED) is 0.159. The maximum Gasteiger partial charge on any atom is 0.0362 e. The van der Waals surface area contributed by atoms with Crippen molar-refractivity contribution in [2.75, 3.05) is 0 Å². The number of hydrogen-bond acceptors (Lipinski definition) is 2. The van der Waals surface area contributed by atoms with Crippen molar-refractivity contribution in [3.8, 4) is 22.3 Å². The predicted molar refractivity (Wildman–Crippen MR) is 238 cm³/mol. The third-order valence-corrected chi connectivity index (χ3v) is 14.0. The van der Waals surface area contributed by atoms with E-state index >= 15 is 0 Å². The lowest BCUT2D eigenvalue weighted by Gasteiger charge is -2.25. The van der Waals surface area contributed by atoms with Crippen LogP contribution in [0.3, 0.4) is 0 Å². The van der Waals surface area contributed by atoms with Gasteiger partial charge in [-0.15, -0.1) is 22.7 Å². The van der Waals surface area contributed by atoms with Crippen LogP contribution >= 0.6 is 22.7 Å². The second kappa shape index (κ2) is 11.7. The van der Waals surface area contributed by atoms with Crippen molar-refractivity contribution in [1.82, 2.24) is 0 Å². The maximum atomic E-state index is 2.44. The van der Waals surface area contributed by atoms with Crippen LogP contribution < -0.4 is 0 Å². The van der Waals surface area contributed by atoms with E-state index in [9.17, 15) is 0 Å². The molecule has 0 nitrogen and oxygen atoms in total. The summed E-state index contributed by atoms with van der Waals surface area (Å²) in [6.45, 7) is 0. The summed E-state index contributed by atoms with van der Waals surface area (Å²) in [4.78, 5) is 0. The lowest BCUT2D eigenvalue weighted by atomic mass is 9.78. The molecule has 0 aliphatic heterocycles. The Kier molecular flexibility index (Phi) is 6.60. The van der Waals surface area contributed by atoms with Gasteiger partial charge >= 0.3 is 0 Å². The van der Waals surface area contributed by atoms with Crippen LogP contribution in [0.25, 0.3) is 100 Å². The molecule has 2 heterocycles. The Morgan fingerprint density at radius 1 is 0.426 bits per heavy atom. The Balaban J connectivity index is 1.04. The van der Waals surface area contributed by atoms with E-state index in [2.05, 4.69) is 176 Å². The molecule has 0 saturated carbocycles. The fraction of sp³-hybridized carbons (Fsp3) is 0.0385. The fourth-order valence-electron chi connectivity index (χ4n) is 9.29. The van der Waals surface area contributed by atoms with Gasteiger partial charge in [-0.25, -0.2) is 0 Å². The lowest BCUT2D eigenvalue weighted by molar-refractivity contribution is 0.794. The fourth-order valence-corrected chi connectivity index (χ4v) is 11.5. The number of allylic oxidation sites excluding steroid dienone is 8. The van der Waals surface area contributed by atoms with Gasteiger partial charge in [0.05, 0.1) is 0 Å². The summed E-state index contributed by atoms with van der Waals surface area (Å²) in [6, 6.07) is 52.7. The van der Waals surface area contributed by atoms with E-state index in [1.54, 1.807) is 0 Å². The van der Waals surface area contributed by atoms with Crippen molar-refractivity contribution in [1.29, 1.82) is 0 Å². The molecule has 0 fully saturated rings. The van der Waals surface area contributed by atoms with Crippen LogP contribution in [0, 0.1) is 5.92 Å². The molecule has 8 aromatic carbocycles. The van der Waals surface area contributed by atoms with E-state index in [0.717, 1.165) is 6.42 Å². The van der Waals surface area contributed by atoms with Crippen molar-refractivity contribution in [2.45, 2.75) is 6.42 Å². The lowest BCUT2D eigenvalue weighted by Crippen LogP contribution is -2.07. The molecule has 0 N–H and O–H groups in total. The summed E-state index contributed by atoms with van der Waals surface area (Å²) < 4.78 is 5.38. The number of fused-ring (bicyclic) bond motifs is 11. The van der Waals surface area contributed by atoms with Crippen molar-refractivity contribution in [3.05, 3.63) is 187 Å². The molecule has 1 atom stereocenters.